The predicted octanol–water partition coefficient (Wildman–Crippen LogP) is 1.21. The van der Waals surface area contributed by atoms with Crippen LogP contribution >= 0.6 is 11.6 Å². The molecular formula is C14H18ClN3O. The molecule has 19 heavy (non-hydrogen) atoms. The predicted molar refractivity (Wildman–Crippen MR) is 76.6 cm³/mol. The van der Waals surface area contributed by atoms with Crippen LogP contribution in [0.1, 0.15) is 0 Å². The van der Waals surface area contributed by atoms with Crippen LogP contribution < -0.4 is 10.2 Å². The zero-order chi connectivity index (χ0) is 13.2. The maximum Gasteiger partial charge on any atom is 0.228 e. The fraction of sp³-hybridized carbons (Fsp3) is 0.500. The minimum atomic E-state index is 0.210. The van der Waals surface area contributed by atoms with Gasteiger partial charge in [-0.15, -0.1) is 0 Å². The van der Waals surface area contributed by atoms with Crippen LogP contribution in [0.2, 0.25) is 5.02 Å². The average molecular weight is 280 g/mol. The molecule has 2 heterocycles. The molecule has 1 aromatic carbocycles. The van der Waals surface area contributed by atoms with Crippen molar-refractivity contribution >= 4 is 23.2 Å². The molecule has 1 aromatic rings. The van der Waals surface area contributed by atoms with E-state index in [0.29, 0.717) is 5.91 Å². The van der Waals surface area contributed by atoms with Gasteiger partial charge in [-0.3, -0.25) is 4.79 Å². The Morgan fingerprint density at radius 2 is 1.74 bits per heavy atom. The first-order chi connectivity index (χ1) is 9.24. The van der Waals surface area contributed by atoms with Crippen molar-refractivity contribution < 1.29 is 4.79 Å². The molecule has 2 aliphatic rings. The number of hydrogen-bond acceptors (Lipinski definition) is 3. The normalized spacial score (nSPS) is 20.3. The van der Waals surface area contributed by atoms with Gasteiger partial charge in [0.2, 0.25) is 5.91 Å². The third-order valence-corrected chi connectivity index (χ3v) is 4.17. The molecule has 0 aliphatic carbocycles. The minimum absolute atomic E-state index is 0.210. The van der Waals surface area contributed by atoms with Crippen molar-refractivity contribution in [1.82, 2.24) is 10.2 Å². The molecule has 1 N–H and O–H groups in total. The number of nitrogens with one attached hydrogen (secondary N) is 1. The number of anilines is 1. The molecule has 102 valence electrons. The molecule has 0 saturated carbocycles. The lowest BCUT2D eigenvalue weighted by atomic mass is 10.0. The minimum Gasteiger partial charge on any atom is -0.368 e. The summed E-state index contributed by atoms with van der Waals surface area (Å²) in [5.41, 5.74) is 1.18. The first kappa shape index (κ1) is 12.8. The number of halogens is 1. The summed E-state index contributed by atoms with van der Waals surface area (Å²) >= 11 is 5.90. The summed E-state index contributed by atoms with van der Waals surface area (Å²) in [6.45, 7) is 5.11. The Morgan fingerprint density at radius 1 is 1.11 bits per heavy atom. The fourth-order valence-corrected chi connectivity index (χ4v) is 2.68. The van der Waals surface area contributed by atoms with E-state index in [9.17, 15) is 4.79 Å². The quantitative estimate of drug-likeness (QED) is 0.884. The van der Waals surface area contributed by atoms with Crippen LogP contribution in [0.3, 0.4) is 0 Å². The Bertz CT molecular complexity index is 450. The van der Waals surface area contributed by atoms with Crippen molar-refractivity contribution in [3.63, 3.8) is 0 Å². The van der Waals surface area contributed by atoms with E-state index in [2.05, 4.69) is 10.2 Å². The highest BCUT2D eigenvalue weighted by Gasteiger charge is 2.30. The topological polar surface area (TPSA) is 35.6 Å². The number of rotatable bonds is 2. The summed E-state index contributed by atoms with van der Waals surface area (Å²) in [6, 6.07) is 7.90. The zero-order valence-electron chi connectivity index (χ0n) is 10.8. The van der Waals surface area contributed by atoms with Crippen LogP contribution in [-0.2, 0) is 4.79 Å². The summed E-state index contributed by atoms with van der Waals surface area (Å²) in [6.07, 6.45) is 0. The van der Waals surface area contributed by atoms with E-state index in [0.717, 1.165) is 44.3 Å². The van der Waals surface area contributed by atoms with Gasteiger partial charge < -0.3 is 15.1 Å². The molecule has 3 rings (SSSR count). The fourth-order valence-electron chi connectivity index (χ4n) is 2.56. The molecular weight excluding hydrogens is 262 g/mol. The highest BCUT2D eigenvalue weighted by molar-refractivity contribution is 6.30. The van der Waals surface area contributed by atoms with Gasteiger partial charge in [-0.1, -0.05) is 11.6 Å². The van der Waals surface area contributed by atoms with Crippen molar-refractivity contribution in [2.75, 3.05) is 44.2 Å². The van der Waals surface area contributed by atoms with Crippen molar-refractivity contribution in [3.05, 3.63) is 29.3 Å². The Labute approximate surface area is 118 Å². The molecule has 1 amide bonds. The van der Waals surface area contributed by atoms with Gasteiger partial charge in [0.15, 0.2) is 0 Å². The van der Waals surface area contributed by atoms with E-state index in [-0.39, 0.29) is 5.92 Å². The van der Waals surface area contributed by atoms with E-state index in [1.165, 1.54) is 5.69 Å². The van der Waals surface area contributed by atoms with Gasteiger partial charge in [0.05, 0.1) is 5.92 Å². The molecule has 0 bridgehead atoms. The van der Waals surface area contributed by atoms with Gasteiger partial charge in [-0.2, -0.15) is 0 Å². The Hall–Kier alpha value is -1.26. The van der Waals surface area contributed by atoms with Crippen molar-refractivity contribution in [2.24, 2.45) is 5.92 Å². The molecule has 2 fully saturated rings. The van der Waals surface area contributed by atoms with E-state index >= 15 is 0 Å². The average Bonchev–Trinajstić information content (AvgIpc) is 2.38. The Morgan fingerprint density at radius 3 is 2.26 bits per heavy atom. The number of nitrogens with zero attached hydrogens (tertiary/aromatic N) is 2. The largest absolute Gasteiger partial charge is 0.368 e. The summed E-state index contributed by atoms with van der Waals surface area (Å²) in [5.74, 6) is 0.525. The Balaban J connectivity index is 1.56. The number of piperazine rings is 1. The second-order valence-corrected chi connectivity index (χ2v) is 5.58. The molecule has 0 radical (unpaired) electrons. The van der Waals surface area contributed by atoms with Gasteiger partial charge in [0, 0.05) is 50.0 Å². The molecule has 0 unspecified atom stereocenters. The number of hydrogen-bond donors (Lipinski definition) is 1. The van der Waals surface area contributed by atoms with Crippen LogP contribution in [0.15, 0.2) is 24.3 Å². The van der Waals surface area contributed by atoms with Crippen LogP contribution in [-0.4, -0.2) is 50.1 Å². The summed E-state index contributed by atoms with van der Waals surface area (Å²) in [7, 11) is 0. The number of carbonyl (C=O) groups is 1. The van der Waals surface area contributed by atoms with E-state index in [1.54, 1.807) is 0 Å². The highest BCUT2D eigenvalue weighted by atomic mass is 35.5. The van der Waals surface area contributed by atoms with Crippen molar-refractivity contribution in [1.29, 1.82) is 0 Å². The van der Waals surface area contributed by atoms with Crippen LogP contribution in [0.4, 0.5) is 5.69 Å². The van der Waals surface area contributed by atoms with Crippen molar-refractivity contribution in [2.45, 2.75) is 0 Å². The second-order valence-electron chi connectivity index (χ2n) is 5.14. The van der Waals surface area contributed by atoms with Gasteiger partial charge in [0.1, 0.15) is 0 Å². The van der Waals surface area contributed by atoms with E-state index in [1.807, 2.05) is 29.2 Å². The van der Waals surface area contributed by atoms with Gasteiger partial charge in [0.25, 0.3) is 0 Å². The molecule has 4 nitrogen and oxygen atoms in total. The molecule has 2 aliphatic heterocycles. The van der Waals surface area contributed by atoms with Crippen molar-refractivity contribution in [3.8, 4) is 0 Å². The summed E-state index contributed by atoms with van der Waals surface area (Å²) in [4.78, 5) is 16.4. The van der Waals surface area contributed by atoms with Crippen LogP contribution in [0.5, 0.6) is 0 Å². The molecule has 0 aromatic heterocycles. The molecule has 5 heteroatoms. The molecule has 0 atom stereocenters. The lowest BCUT2D eigenvalue weighted by Crippen LogP contribution is -2.56. The van der Waals surface area contributed by atoms with E-state index < -0.39 is 0 Å². The Kier molecular flexibility index (Phi) is 3.62. The summed E-state index contributed by atoms with van der Waals surface area (Å²) in [5, 5.41) is 3.91. The lowest BCUT2D eigenvalue weighted by Gasteiger charge is -2.39. The standard InChI is InChI=1S/C14H18ClN3O/c15-12-1-3-13(4-2-12)17-5-7-18(8-6-17)14(19)11-9-16-10-11/h1-4,11,16H,5-10H2. The maximum atomic E-state index is 12.1. The number of carbonyl (C=O) groups excluding carboxylic acids is 1. The van der Waals surface area contributed by atoms with Crippen LogP contribution in [0.25, 0.3) is 0 Å². The second kappa shape index (κ2) is 5.39. The molecule has 0 spiro atoms. The van der Waals surface area contributed by atoms with Gasteiger partial charge in [-0.05, 0) is 24.3 Å². The first-order valence-electron chi connectivity index (χ1n) is 6.74. The monoisotopic (exact) mass is 279 g/mol. The first-order valence-corrected chi connectivity index (χ1v) is 7.12. The molecule has 2 saturated heterocycles. The van der Waals surface area contributed by atoms with Gasteiger partial charge in [-0.25, -0.2) is 0 Å². The third kappa shape index (κ3) is 2.69. The number of amides is 1. The SMILES string of the molecule is O=C(C1CNC1)N1CCN(c2ccc(Cl)cc2)CC1. The zero-order valence-corrected chi connectivity index (χ0v) is 11.6. The third-order valence-electron chi connectivity index (χ3n) is 3.91. The van der Waals surface area contributed by atoms with E-state index in [4.69, 9.17) is 11.6 Å². The van der Waals surface area contributed by atoms with Gasteiger partial charge >= 0.3 is 0 Å². The summed E-state index contributed by atoms with van der Waals surface area (Å²) < 4.78 is 0. The van der Waals surface area contributed by atoms with Crippen LogP contribution in [0, 0.1) is 5.92 Å². The smallest absolute Gasteiger partial charge is 0.228 e. The number of benzene rings is 1. The lowest BCUT2D eigenvalue weighted by molar-refractivity contribution is -0.137. The highest BCUT2D eigenvalue weighted by Crippen LogP contribution is 2.20. The maximum absolute atomic E-state index is 12.1.